The van der Waals surface area contributed by atoms with E-state index in [-0.39, 0.29) is 17.8 Å². The summed E-state index contributed by atoms with van der Waals surface area (Å²) in [6.07, 6.45) is 1.46. The molecule has 1 fully saturated rings. The Balaban J connectivity index is 1.84. The van der Waals surface area contributed by atoms with Crippen LogP contribution in [0.3, 0.4) is 0 Å². The van der Waals surface area contributed by atoms with Crippen LogP contribution in [0.5, 0.6) is 0 Å². The smallest absolute Gasteiger partial charge is 0.308 e. The Morgan fingerprint density at radius 3 is 2.61 bits per heavy atom. The Morgan fingerprint density at radius 2 is 2.00 bits per heavy atom. The molecule has 0 atom stereocenters. The van der Waals surface area contributed by atoms with Crippen molar-refractivity contribution in [2.75, 3.05) is 39.8 Å². The molecule has 1 aliphatic rings. The maximum Gasteiger partial charge on any atom is 0.308 e. The molecule has 1 amide bonds. The molecule has 0 radical (unpaired) electrons. The molecule has 0 bridgehead atoms. The van der Waals surface area contributed by atoms with Gasteiger partial charge in [-0.15, -0.1) is 0 Å². The van der Waals surface area contributed by atoms with Crippen molar-refractivity contribution in [3.8, 4) is 0 Å². The zero-order chi connectivity index (χ0) is 20.5. The minimum atomic E-state index is -0.393. The van der Waals surface area contributed by atoms with Crippen molar-refractivity contribution in [1.29, 1.82) is 0 Å². The lowest BCUT2D eigenvalue weighted by Gasteiger charge is -2.33. The topological polar surface area (TPSA) is 83.0 Å². The van der Waals surface area contributed by atoms with Crippen molar-refractivity contribution in [3.63, 3.8) is 0 Å². The average molecular weight is 392 g/mol. The minimum Gasteiger partial charge on any atom is -0.469 e. The number of halogens is 1. The molecular weight excluding hydrogens is 363 g/mol. The van der Waals surface area contributed by atoms with E-state index in [9.17, 15) is 14.0 Å². The second-order valence-electron chi connectivity index (χ2n) is 6.74. The summed E-state index contributed by atoms with van der Waals surface area (Å²) < 4.78 is 18.4. The number of likely N-dealkylation sites (tertiary alicyclic amines) is 1. The Kier molecular flexibility index (Phi) is 8.22. The van der Waals surface area contributed by atoms with Gasteiger partial charge in [0.2, 0.25) is 0 Å². The van der Waals surface area contributed by atoms with E-state index in [0.29, 0.717) is 24.2 Å². The quantitative estimate of drug-likeness (QED) is 0.333. The van der Waals surface area contributed by atoms with Crippen molar-refractivity contribution in [2.24, 2.45) is 10.9 Å². The first kappa shape index (κ1) is 21.7. The van der Waals surface area contributed by atoms with Gasteiger partial charge in [-0.3, -0.25) is 14.6 Å². The van der Waals surface area contributed by atoms with Gasteiger partial charge in [-0.2, -0.15) is 0 Å². The fourth-order valence-electron chi connectivity index (χ4n) is 3.09. The first-order valence-electron chi connectivity index (χ1n) is 9.61. The van der Waals surface area contributed by atoms with E-state index in [2.05, 4.69) is 20.5 Å². The van der Waals surface area contributed by atoms with E-state index < -0.39 is 5.82 Å². The van der Waals surface area contributed by atoms with Crippen molar-refractivity contribution < 1.29 is 18.7 Å². The number of aliphatic imine (C=N–C) groups is 1. The van der Waals surface area contributed by atoms with Crippen LogP contribution in [0, 0.1) is 18.7 Å². The summed E-state index contributed by atoms with van der Waals surface area (Å²) in [5.41, 5.74) is 0.802. The molecule has 7 nitrogen and oxygen atoms in total. The summed E-state index contributed by atoms with van der Waals surface area (Å²) >= 11 is 0. The number of hydrogen-bond donors (Lipinski definition) is 2. The predicted octanol–water partition coefficient (Wildman–Crippen LogP) is 1.71. The third-order valence-electron chi connectivity index (χ3n) is 4.76. The Labute approximate surface area is 165 Å². The average Bonchev–Trinajstić information content (AvgIpc) is 2.71. The molecule has 1 aromatic rings. The molecule has 1 heterocycles. The monoisotopic (exact) mass is 392 g/mol. The zero-order valence-corrected chi connectivity index (χ0v) is 16.8. The predicted molar refractivity (Wildman–Crippen MR) is 106 cm³/mol. The van der Waals surface area contributed by atoms with Crippen LogP contribution in [0.2, 0.25) is 0 Å². The van der Waals surface area contributed by atoms with E-state index in [1.807, 2.05) is 6.92 Å². The first-order valence-corrected chi connectivity index (χ1v) is 9.61. The highest BCUT2D eigenvalue weighted by Gasteiger charge is 2.26. The number of hydrogen-bond acceptors (Lipinski definition) is 4. The van der Waals surface area contributed by atoms with Crippen molar-refractivity contribution in [3.05, 3.63) is 35.1 Å². The van der Waals surface area contributed by atoms with E-state index >= 15 is 0 Å². The lowest BCUT2D eigenvalue weighted by atomic mass is 9.97. The van der Waals surface area contributed by atoms with Crippen LogP contribution in [-0.4, -0.2) is 62.6 Å². The number of piperidine rings is 1. The Bertz CT molecular complexity index is 715. The van der Waals surface area contributed by atoms with Gasteiger partial charge < -0.3 is 20.3 Å². The molecule has 2 rings (SSSR count). The van der Waals surface area contributed by atoms with E-state index in [4.69, 9.17) is 4.74 Å². The van der Waals surface area contributed by atoms with E-state index in [0.717, 1.165) is 38.4 Å². The summed E-state index contributed by atoms with van der Waals surface area (Å²) in [4.78, 5) is 30.4. The number of methoxy groups -OCH3 is 1. The molecule has 0 saturated carbocycles. The summed E-state index contributed by atoms with van der Waals surface area (Å²) in [6, 6.07) is 4.43. The highest BCUT2D eigenvalue weighted by Crippen LogP contribution is 2.18. The van der Waals surface area contributed by atoms with Crippen LogP contribution in [0.15, 0.2) is 23.2 Å². The fraction of sp³-hybridized carbons (Fsp3) is 0.550. The molecule has 0 aliphatic carbocycles. The lowest BCUT2D eigenvalue weighted by Crippen LogP contribution is -2.47. The Morgan fingerprint density at radius 1 is 1.29 bits per heavy atom. The number of esters is 1. The number of guanidine groups is 1. The number of nitrogens with zero attached hydrogens (tertiary/aromatic N) is 2. The van der Waals surface area contributed by atoms with Gasteiger partial charge in [0.05, 0.1) is 19.6 Å². The number of nitrogens with one attached hydrogen (secondary N) is 2. The van der Waals surface area contributed by atoms with Gasteiger partial charge in [0, 0.05) is 31.7 Å². The number of benzene rings is 1. The molecule has 2 N–H and O–H groups in total. The third-order valence-corrected chi connectivity index (χ3v) is 4.76. The van der Waals surface area contributed by atoms with E-state index in [1.165, 1.54) is 13.2 Å². The Hall–Kier alpha value is -2.64. The molecule has 154 valence electrons. The van der Waals surface area contributed by atoms with Crippen LogP contribution in [0.1, 0.15) is 35.7 Å². The van der Waals surface area contributed by atoms with Crippen LogP contribution in [0.25, 0.3) is 0 Å². The third kappa shape index (κ3) is 5.94. The molecule has 0 aromatic heterocycles. The highest BCUT2D eigenvalue weighted by molar-refractivity contribution is 5.94. The highest BCUT2D eigenvalue weighted by atomic mass is 19.1. The van der Waals surface area contributed by atoms with Gasteiger partial charge in [0.1, 0.15) is 5.82 Å². The summed E-state index contributed by atoms with van der Waals surface area (Å²) in [5, 5.41) is 6.00. The van der Waals surface area contributed by atoms with E-state index in [1.54, 1.807) is 19.1 Å². The number of ether oxygens (including phenoxy) is 1. The van der Waals surface area contributed by atoms with Crippen LogP contribution in [-0.2, 0) is 9.53 Å². The molecule has 0 unspecified atom stereocenters. The molecule has 28 heavy (non-hydrogen) atoms. The lowest BCUT2D eigenvalue weighted by molar-refractivity contribution is -0.146. The molecule has 1 aromatic carbocycles. The standard InChI is InChI=1S/C20H29FN4O3/c1-4-22-20(25-11-7-15(8-12-25)19(27)28-3)24-10-9-23-18(26)16-6-5-14(2)17(21)13-16/h5-6,13,15H,4,7-12H2,1-3H3,(H,22,24)(H,23,26). The molecule has 8 heteroatoms. The summed E-state index contributed by atoms with van der Waals surface area (Å²) in [7, 11) is 1.42. The van der Waals surface area contributed by atoms with Gasteiger partial charge in [-0.1, -0.05) is 6.07 Å². The van der Waals surface area contributed by atoms with Crippen molar-refractivity contribution >= 4 is 17.8 Å². The minimum absolute atomic E-state index is 0.0571. The van der Waals surface area contributed by atoms with Crippen molar-refractivity contribution in [1.82, 2.24) is 15.5 Å². The number of rotatable bonds is 6. The molecule has 1 saturated heterocycles. The zero-order valence-electron chi connectivity index (χ0n) is 16.8. The van der Waals surface area contributed by atoms with Gasteiger partial charge >= 0.3 is 5.97 Å². The van der Waals surface area contributed by atoms with Gasteiger partial charge in [-0.05, 0) is 44.4 Å². The first-order chi connectivity index (χ1) is 13.5. The number of carbonyl (C=O) groups excluding carboxylic acids is 2. The van der Waals surface area contributed by atoms with Crippen LogP contribution >= 0.6 is 0 Å². The van der Waals surface area contributed by atoms with Gasteiger partial charge in [-0.25, -0.2) is 4.39 Å². The van der Waals surface area contributed by atoms with Gasteiger partial charge in [0.15, 0.2) is 5.96 Å². The molecule has 1 aliphatic heterocycles. The second kappa shape index (κ2) is 10.6. The largest absolute Gasteiger partial charge is 0.469 e. The SMILES string of the molecule is CCNC(=NCCNC(=O)c1ccc(C)c(F)c1)N1CCC(C(=O)OC)CC1. The summed E-state index contributed by atoms with van der Waals surface area (Å²) in [5.74, 6) is -0.162. The van der Waals surface area contributed by atoms with Gasteiger partial charge in [0.25, 0.3) is 5.91 Å². The molecular formula is C20H29FN4O3. The maximum absolute atomic E-state index is 13.6. The maximum atomic E-state index is 13.6. The van der Waals surface area contributed by atoms with Crippen LogP contribution in [0.4, 0.5) is 4.39 Å². The molecule has 0 spiro atoms. The fourth-order valence-corrected chi connectivity index (χ4v) is 3.09. The summed E-state index contributed by atoms with van der Waals surface area (Å²) in [6.45, 7) is 6.57. The number of aryl methyl sites for hydroxylation is 1. The number of amides is 1. The number of carbonyl (C=O) groups is 2. The normalized spacial score (nSPS) is 15.3. The van der Waals surface area contributed by atoms with Crippen LogP contribution < -0.4 is 10.6 Å². The second-order valence-corrected chi connectivity index (χ2v) is 6.74. The van der Waals surface area contributed by atoms with Crippen molar-refractivity contribution in [2.45, 2.75) is 26.7 Å².